The fourth-order valence-electron chi connectivity index (χ4n) is 3.50. The molecule has 0 bridgehead atoms. The first-order valence-electron chi connectivity index (χ1n) is 9.06. The standard InChI is InChI=1S/C21H22N4O/c1-25-8-5-15(6-9-25)21(26)12-18-11-16-10-17(13-24-20(16)14-23-18)19-4-2-3-7-22-19/h2-4,7,10-11,13-15H,5-6,8-9,12H2,1H3. The molecule has 1 fully saturated rings. The van der Waals surface area contributed by atoms with E-state index in [1.54, 1.807) is 12.4 Å². The number of ketones is 1. The monoisotopic (exact) mass is 346 g/mol. The topological polar surface area (TPSA) is 59.0 Å². The van der Waals surface area contributed by atoms with E-state index in [-0.39, 0.29) is 5.92 Å². The normalized spacial score (nSPS) is 16.0. The van der Waals surface area contributed by atoms with Crippen molar-refractivity contribution in [3.63, 3.8) is 0 Å². The number of carbonyl (C=O) groups excluding carboxylic acids is 1. The van der Waals surface area contributed by atoms with Crippen LogP contribution in [0.15, 0.2) is 48.9 Å². The molecule has 1 aliphatic rings. The lowest BCUT2D eigenvalue weighted by atomic mass is 9.90. The molecule has 1 saturated heterocycles. The molecule has 0 aliphatic carbocycles. The van der Waals surface area contributed by atoms with Crippen LogP contribution in [0.25, 0.3) is 22.2 Å². The molecule has 5 nitrogen and oxygen atoms in total. The van der Waals surface area contributed by atoms with Gasteiger partial charge in [-0.05, 0) is 57.2 Å². The van der Waals surface area contributed by atoms with Crippen LogP contribution in [0.2, 0.25) is 0 Å². The molecule has 0 radical (unpaired) electrons. The number of rotatable bonds is 4. The highest BCUT2D eigenvalue weighted by atomic mass is 16.1. The van der Waals surface area contributed by atoms with E-state index in [9.17, 15) is 4.79 Å². The number of Topliss-reactive ketones (excluding diaryl/α,β-unsaturated/α-hetero) is 1. The zero-order chi connectivity index (χ0) is 17.9. The minimum absolute atomic E-state index is 0.168. The Morgan fingerprint density at radius 1 is 1.12 bits per heavy atom. The van der Waals surface area contributed by atoms with Crippen LogP contribution in [-0.4, -0.2) is 45.8 Å². The third kappa shape index (κ3) is 3.63. The summed E-state index contributed by atoms with van der Waals surface area (Å²) in [6.45, 7) is 2.00. The third-order valence-corrected chi connectivity index (χ3v) is 5.11. The molecule has 1 aliphatic heterocycles. The summed E-state index contributed by atoms with van der Waals surface area (Å²) in [6, 6.07) is 9.88. The Hall–Kier alpha value is -2.66. The molecule has 0 saturated carbocycles. The van der Waals surface area contributed by atoms with Gasteiger partial charge in [-0.2, -0.15) is 0 Å². The van der Waals surface area contributed by atoms with Crippen LogP contribution >= 0.6 is 0 Å². The van der Waals surface area contributed by atoms with Crippen molar-refractivity contribution in [3.05, 3.63) is 54.6 Å². The maximum atomic E-state index is 12.6. The number of hydrogen-bond donors (Lipinski definition) is 0. The van der Waals surface area contributed by atoms with Crippen LogP contribution in [0.4, 0.5) is 0 Å². The summed E-state index contributed by atoms with van der Waals surface area (Å²) >= 11 is 0. The lowest BCUT2D eigenvalue weighted by Crippen LogP contribution is -2.34. The summed E-state index contributed by atoms with van der Waals surface area (Å²) in [7, 11) is 2.11. The van der Waals surface area contributed by atoms with Crippen molar-refractivity contribution >= 4 is 16.7 Å². The van der Waals surface area contributed by atoms with E-state index in [0.717, 1.165) is 53.8 Å². The van der Waals surface area contributed by atoms with Crippen LogP contribution in [0.3, 0.4) is 0 Å². The van der Waals surface area contributed by atoms with Crippen molar-refractivity contribution in [1.82, 2.24) is 19.9 Å². The molecular weight excluding hydrogens is 324 g/mol. The molecule has 0 amide bonds. The van der Waals surface area contributed by atoms with Gasteiger partial charge in [-0.15, -0.1) is 0 Å². The molecule has 0 N–H and O–H groups in total. The minimum atomic E-state index is 0.168. The Bertz CT molecular complexity index is 918. The van der Waals surface area contributed by atoms with Crippen molar-refractivity contribution in [2.45, 2.75) is 19.3 Å². The molecule has 0 atom stereocenters. The number of fused-ring (bicyclic) bond motifs is 1. The fraction of sp³-hybridized carbons (Fsp3) is 0.333. The second-order valence-corrected chi connectivity index (χ2v) is 7.03. The zero-order valence-corrected chi connectivity index (χ0v) is 14.9. The van der Waals surface area contributed by atoms with Crippen molar-refractivity contribution in [2.24, 2.45) is 5.92 Å². The number of likely N-dealkylation sites (tertiary alicyclic amines) is 1. The van der Waals surface area contributed by atoms with Crippen molar-refractivity contribution in [2.75, 3.05) is 20.1 Å². The van der Waals surface area contributed by atoms with Gasteiger partial charge in [0.25, 0.3) is 0 Å². The number of aromatic nitrogens is 3. The fourth-order valence-corrected chi connectivity index (χ4v) is 3.50. The second-order valence-electron chi connectivity index (χ2n) is 7.03. The van der Waals surface area contributed by atoms with Crippen LogP contribution in [0.5, 0.6) is 0 Å². The van der Waals surface area contributed by atoms with Gasteiger partial charge in [0.05, 0.1) is 17.4 Å². The Kier molecular flexibility index (Phi) is 4.71. The number of nitrogens with zero attached hydrogens (tertiary/aromatic N) is 4. The lowest BCUT2D eigenvalue weighted by Gasteiger charge is -2.27. The van der Waals surface area contributed by atoms with Crippen molar-refractivity contribution in [3.8, 4) is 11.3 Å². The van der Waals surface area contributed by atoms with Gasteiger partial charge in [0.15, 0.2) is 0 Å². The van der Waals surface area contributed by atoms with Crippen molar-refractivity contribution in [1.29, 1.82) is 0 Å². The summed E-state index contributed by atoms with van der Waals surface area (Å²) < 4.78 is 0. The van der Waals surface area contributed by atoms with Gasteiger partial charge in [0.1, 0.15) is 5.78 Å². The van der Waals surface area contributed by atoms with Gasteiger partial charge >= 0.3 is 0 Å². The number of carbonyl (C=O) groups is 1. The molecule has 3 aromatic rings. The van der Waals surface area contributed by atoms with E-state index in [1.165, 1.54) is 0 Å². The summed E-state index contributed by atoms with van der Waals surface area (Å²) in [5, 5.41) is 0.995. The van der Waals surface area contributed by atoms with Crippen molar-refractivity contribution < 1.29 is 4.79 Å². The first-order chi connectivity index (χ1) is 12.7. The van der Waals surface area contributed by atoms with Crippen LogP contribution < -0.4 is 0 Å². The summed E-state index contributed by atoms with van der Waals surface area (Å²) in [5.41, 5.74) is 3.51. The number of hydrogen-bond acceptors (Lipinski definition) is 5. The van der Waals surface area contributed by atoms with E-state index >= 15 is 0 Å². The first kappa shape index (κ1) is 16.8. The quantitative estimate of drug-likeness (QED) is 0.726. The largest absolute Gasteiger partial charge is 0.306 e. The Morgan fingerprint density at radius 3 is 2.73 bits per heavy atom. The van der Waals surface area contributed by atoms with Gasteiger partial charge in [-0.1, -0.05) is 6.07 Å². The Morgan fingerprint density at radius 2 is 1.96 bits per heavy atom. The third-order valence-electron chi connectivity index (χ3n) is 5.11. The predicted molar refractivity (Wildman–Crippen MR) is 102 cm³/mol. The van der Waals surface area contributed by atoms with Gasteiger partial charge in [-0.25, -0.2) is 0 Å². The molecule has 0 aromatic carbocycles. The summed E-state index contributed by atoms with van der Waals surface area (Å²) in [5.74, 6) is 0.473. The van der Waals surface area contributed by atoms with E-state index < -0.39 is 0 Å². The number of piperidine rings is 1. The smallest absolute Gasteiger partial charge is 0.142 e. The SMILES string of the molecule is CN1CCC(C(=O)Cc2cc3cc(-c4ccccn4)cnc3cn2)CC1. The molecule has 132 valence electrons. The van der Waals surface area contributed by atoms with Gasteiger partial charge < -0.3 is 4.90 Å². The van der Waals surface area contributed by atoms with Crippen LogP contribution in [-0.2, 0) is 11.2 Å². The highest BCUT2D eigenvalue weighted by Gasteiger charge is 2.23. The molecule has 3 aromatic heterocycles. The van der Waals surface area contributed by atoms with Gasteiger partial charge in [-0.3, -0.25) is 19.7 Å². The lowest BCUT2D eigenvalue weighted by molar-refractivity contribution is -0.123. The maximum Gasteiger partial charge on any atom is 0.142 e. The molecular formula is C21H22N4O. The average molecular weight is 346 g/mol. The maximum absolute atomic E-state index is 12.6. The zero-order valence-electron chi connectivity index (χ0n) is 14.9. The summed E-state index contributed by atoms with van der Waals surface area (Å²) in [6.07, 6.45) is 7.66. The predicted octanol–water partition coefficient (Wildman–Crippen LogP) is 3.15. The van der Waals surface area contributed by atoms with E-state index in [4.69, 9.17) is 0 Å². The van der Waals surface area contributed by atoms with Crippen LogP contribution in [0, 0.1) is 5.92 Å². The van der Waals surface area contributed by atoms with E-state index in [0.29, 0.717) is 12.2 Å². The molecule has 4 heterocycles. The Balaban J connectivity index is 1.55. The van der Waals surface area contributed by atoms with Gasteiger partial charge in [0, 0.05) is 41.4 Å². The minimum Gasteiger partial charge on any atom is -0.306 e. The molecule has 26 heavy (non-hydrogen) atoms. The molecule has 0 spiro atoms. The highest BCUT2D eigenvalue weighted by Crippen LogP contribution is 2.22. The summed E-state index contributed by atoms with van der Waals surface area (Å²) in [4.78, 5) is 28.2. The van der Waals surface area contributed by atoms with Gasteiger partial charge in [0.2, 0.25) is 0 Å². The molecule has 4 rings (SSSR count). The van der Waals surface area contributed by atoms with Crippen LogP contribution in [0.1, 0.15) is 18.5 Å². The van der Waals surface area contributed by atoms with E-state index in [2.05, 4.69) is 33.0 Å². The Labute approximate surface area is 153 Å². The number of pyridine rings is 3. The van der Waals surface area contributed by atoms with E-state index in [1.807, 2.05) is 30.5 Å². The highest BCUT2D eigenvalue weighted by molar-refractivity contribution is 5.86. The molecule has 0 unspecified atom stereocenters. The first-order valence-corrected chi connectivity index (χ1v) is 9.06. The average Bonchev–Trinajstić information content (AvgIpc) is 2.68. The second kappa shape index (κ2) is 7.30. The molecule has 5 heteroatoms.